The summed E-state index contributed by atoms with van der Waals surface area (Å²) in [6.45, 7) is 8.25. The molecule has 1 unspecified atom stereocenters. The van der Waals surface area contributed by atoms with Gasteiger partial charge in [0.2, 0.25) is 0 Å². The Labute approximate surface area is 134 Å². The Morgan fingerprint density at radius 2 is 1.45 bits per heavy atom. The third-order valence-electron chi connectivity index (χ3n) is 3.17. The van der Waals surface area contributed by atoms with E-state index in [4.69, 9.17) is 9.47 Å². The molecule has 0 aliphatic rings. The summed E-state index contributed by atoms with van der Waals surface area (Å²) in [6.07, 6.45) is 4.30. The van der Waals surface area contributed by atoms with Crippen LogP contribution in [0.4, 0.5) is 0 Å². The van der Waals surface area contributed by atoms with Crippen LogP contribution in [0.3, 0.4) is 0 Å². The first-order valence-electron chi connectivity index (χ1n) is 8.24. The first kappa shape index (κ1) is 20.9. The van der Waals surface area contributed by atoms with E-state index in [1.165, 1.54) is 0 Å². The summed E-state index contributed by atoms with van der Waals surface area (Å²) in [4.78, 5) is 22.8. The Morgan fingerprint density at radius 3 is 1.91 bits per heavy atom. The Balaban J connectivity index is 3.62. The van der Waals surface area contributed by atoms with Crippen LogP contribution < -0.4 is 0 Å². The predicted molar refractivity (Wildman–Crippen MR) is 85.4 cm³/mol. The first-order valence-corrected chi connectivity index (χ1v) is 8.24. The molecule has 0 saturated carbocycles. The van der Waals surface area contributed by atoms with Crippen molar-refractivity contribution in [2.45, 2.75) is 78.7 Å². The second-order valence-corrected chi connectivity index (χ2v) is 6.89. The smallest absolute Gasteiger partial charge is 0.305 e. The van der Waals surface area contributed by atoms with Crippen LogP contribution in [-0.4, -0.2) is 36.4 Å². The van der Waals surface area contributed by atoms with E-state index in [-0.39, 0.29) is 30.6 Å². The minimum atomic E-state index is -0.955. The highest BCUT2D eigenvalue weighted by Gasteiger charge is 2.13. The molecule has 1 atom stereocenters. The molecule has 5 nitrogen and oxygen atoms in total. The number of aliphatic hydroxyl groups is 1. The Hall–Kier alpha value is -1.10. The van der Waals surface area contributed by atoms with Crippen molar-refractivity contribution in [1.82, 2.24) is 0 Å². The van der Waals surface area contributed by atoms with Crippen molar-refractivity contribution in [2.75, 3.05) is 13.2 Å². The van der Waals surface area contributed by atoms with Crippen molar-refractivity contribution >= 4 is 11.9 Å². The van der Waals surface area contributed by atoms with Gasteiger partial charge in [-0.1, -0.05) is 40.5 Å². The summed E-state index contributed by atoms with van der Waals surface area (Å²) < 4.78 is 9.86. The largest absolute Gasteiger partial charge is 0.463 e. The summed E-state index contributed by atoms with van der Waals surface area (Å²) >= 11 is 0. The van der Waals surface area contributed by atoms with Crippen LogP contribution in [0.5, 0.6) is 0 Å². The average molecular weight is 316 g/mol. The number of carbonyl (C=O) groups excluding carboxylic acids is 2. The van der Waals surface area contributed by atoms with Crippen molar-refractivity contribution in [3.05, 3.63) is 0 Å². The number of esters is 2. The number of ether oxygens (including phenoxy) is 2. The van der Waals surface area contributed by atoms with Crippen molar-refractivity contribution in [1.29, 1.82) is 0 Å². The molecule has 0 aliphatic heterocycles. The molecule has 0 saturated heterocycles. The van der Waals surface area contributed by atoms with E-state index < -0.39 is 6.10 Å². The molecule has 0 bridgehead atoms. The minimum Gasteiger partial charge on any atom is -0.463 e. The quantitative estimate of drug-likeness (QED) is 0.468. The lowest BCUT2D eigenvalue weighted by Crippen LogP contribution is -2.25. The zero-order valence-corrected chi connectivity index (χ0v) is 14.5. The van der Waals surface area contributed by atoms with Crippen LogP contribution in [0.15, 0.2) is 0 Å². The van der Waals surface area contributed by atoms with Gasteiger partial charge in [-0.25, -0.2) is 0 Å². The second-order valence-electron chi connectivity index (χ2n) is 6.89. The molecule has 0 aromatic rings. The predicted octanol–water partition coefficient (Wildman–Crippen LogP) is 3.23. The van der Waals surface area contributed by atoms with Gasteiger partial charge in [0.1, 0.15) is 19.3 Å². The summed E-state index contributed by atoms with van der Waals surface area (Å²) in [5.74, 6) is -0.639. The fourth-order valence-electron chi connectivity index (χ4n) is 1.82. The first-order chi connectivity index (χ1) is 10.2. The molecular formula is C17H32O5. The molecular weight excluding hydrogens is 284 g/mol. The van der Waals surface area contributed by atoms with Gasteiger partial charge in [-0.05, 0) is 24.7 Å². The molecule has 1 N–H and O–H groups in total. The number of hydrogen-bond acceptors (Lipinski definition) is 5. The van der Waals surface area contributed by atoms with Crippen LogP contribution in [0.25, 0.3) is 0 Å². The van der Waals surface area contributed by atoms with Gasteiger partial charge in [-0.15, -0.1) is 0 Å². The van der Waals surface area contributed by atoms with Crippen LogP contribution in [0.1, 0.15) is 72.6 Å². The normalized spacial score (nSPS) is 12.8. The van der Waals surface area contributed by atoms with Crippen LogP contribution in [-0.2, 0) is 19.1 Å². The van der Waals surface area contributed by atoms with Gasteiger partial charge in [0.15, 0.2) is 0 Å². The Morgan fingerprint density at radius 1 is 0.955 bits per heavy atom. The van der Waals surface area contributed by atoms with E-state index in [0.717, 1.165) is 32.1 Å². The number of rotatable bonds is 11. The molecule has 22 heavy (non-hydrogen) atoms. The lowest BCUT2D eigenvalue weighted by Gasteiger charge is -2.17. The zero-order chi connectivity index (χ0) is 17.0. The van der Waals surface area contributed by atoms with Gasteiger partial charge in [0, 0.05) is 12.8 Å². The van der Waals surface area contributed by atoms with Crippen LogP contribution in [0.2, 0.25) is 0 Å². The van der Waals surface area contributed by atoms with Gasteiger partial charge >= 0.3 is 11.9 Å². The molecule has 0 aliphatic carbocycles. The lowest BCUT2D eigenvalue weighted by molar-refractivity contribution is -0.152. The van der Waals surface area contributed by atoms with E-state index in [1.54, 1.807) is 0 Å². The van der Waals surface area contributed by atoms with Gasteiger partial charge in [0.25, 0.3) is 0 Å². The topological polar surface area (TPSA) is 72.8 Å². The molecule has 0 amide bonds. The number of carbonyl (C=O) groups is 2. The lowest BCUT2D eigenvalue weighted by atomic mass is 9.89. The van der Waals surface area contributed by atoms with Gasteiger partial charge in [-0.3, -0.25) is 9.59 Å². The molecule has 5 heteroatoms. The molecule has 0 spiro atoms. The van der Waals surface area contributed by atoms with Crippen molar-refractivity contribution < 1.29 is 24.2 Å². The molecule has 0 rings (SSSR count). The van der Waals surface area contributed by atoms with Gasteiger partial charge in [0.05, 0.1) is 0 Å². The molecule has 130 valence electrons. The molecule has 0 radical (unpaired) electrons. The molecule has 0 aromatic carbocycles. The maximum absolute atomic E-state index is 11.5. The van der Waals surface area contributed by atoms with Crippen molar-refractivity contribution in [3.63, 3.8) is 0 Å². The standard InChI is InChI=1S/C17H32O5/c1-5-6-9-15(19)21-12-14(18)13-22-16(20)10-7-8-11-17(2,3)4/h14,18H,5-13H2,1-4H3. The summed E-state index contributed by atoms with van der Waals surface area (Å²) in [6, 6.07) is 0. The minimum absolute atomic E-state index is 0.125. The van der Waals surface area contributed by atoms with Gasteiger partial charge in [-0.2, -0.15) is 0 Å². The second kappa shape index (κ2) is 11.5. The zero-order valence-electron chi connectivity index (χ0n) is 14.5. The van der Waals surface area contributed by atoms with E-state index in [9.17, 15) is 14.7 Å². The molecule has 0 aromatic heterocycles. The van der Waals surface area contributed by atoms with E-state index in [1.807, 2.05) is 6.92 Å². The summed E-state index contributed by atoms with van der Waals surface area (Å²) in [5.41, 5.74) is 0.280. The third-order valence-corrected chi connectivity index (χ3v) is 3.17. The maximum Gasteiger partial charge on any atom is 0.305 e. The highest BCUT2D eigenvalue weighted by Crippen LogP contribution is 2.22. The number of hydrogen-bond donors (Lipinski definition) is 1. The molecule has 0 heterocycles. The highest BCUT2D eigenvalue weighted by atomic mass is 16.6. The fraction of sp³-hybridized carbons (Fsp3) is 0.882. The highest BCUT2D eigenvalue weighted by molar-refractivity contribution is 5.69. The Bertz CT molecular complexity index is 320. The van der Waals surface area contributed by atoms with Crippen LogP contribution in [0, 0.1) is 5.41 Å². The monoisotopic (exact) mass is 316 g/mol. The fourth-order valence-corrected chi connectivity index (χ4v) is 1.82. The Kier molecular flexibility index (Phi) is 10.9. The van der Waals surface area contributed by atoms with E-state index in [0.29, 0.717) is 12.8 Å². The van der Waals surface area contributed by atoms with Crippen LogP contribution >= 0.6 is 0 Å². The van der Waals surface area contributed by atoms with Crippen molar-refractivity contribution in [2.24, 2.45) is 5.41 Å². The number of aliphatic hydroxyl groups excluding tert-OH is 1. The third kappa shape index (κ3) is 13.9. The summed E-state index contributed by atoms with van der Waals surface area (Å²) in [5, 5.41) is 9.60. The summed E-state index contributed by atoms with van der Waals surface area (Å²) in [7, 11) is 0. The van der Waals surface area contributed by atoms with Gasteiger partial charge < -0.3 is 14.6 Å². The average Bonchev–Trinajstić information content (AvgIpc) is 2.44. The maximum atomic E-state index is 11.5. The van der Waals surface area contributed by atoms with E-state index >= 15 is 0 Å². The SMILES string of the molecule is CCCCC(=O)OCC(O)COC(=O)CCCCC(C)(C)C. The van der Waals surface area contributed by atoms with Crippen molar-refractivity contribution in [3.8, 4) is 0 Å². The molecule has 0 fully saturated rings. The van der Waals surface area contributed by atoms with E-state index in [2.05, 4.69) is 20.8 Å². The number of unbranched alkanes of at least 4 members (excludes halogenated alkanes) is 2.